The fourth-order valence-electron chi connectivity index (χ4n) is 4.21. The number of hydrazone groups is 1. The second-order valence-corrected chi connectivity index (χ2v) is 9.05. The van der Waals surface area contributed by atoms with Gasteiger partial charge >= 0.3 is 18.0 Å². The highest BCUT2D eigenvalue weighted by Crippen LogP contribution is 2.34. The van der Waals surface area contributed by atoms with E-state index in [1.807, 2.05) is 0 Å². The summed E-state index contributed by atoms with van der Waals surface area (Å²) in [5.41, 5.74) is 4.70. The first-order chi connectivity index (χ1) is 20.7. The summed E-state index contributed by atoms with van der Waals surface area (Å²) in [6.45, 7) is 3.27. The van der Waals surface area contributed by atoms with E-state index in [1.54, 1.807) is 68.4 Å². The Morgan fingerprint density at radius 2 is 1.79 bits per heavy atom. The number of esters is 2. The molecule has 1 aliphatic heterocycles. The number of methoxy groups -OCH3 is 2. The molecule has 0 saturated carbocycles. The zero-order valence-electron chi connectivity index (χ0n) is 23.9. The molecule has 13 heteroatoms. The van der Waals surface area contributed by atoms with Gasteiger partial charge in [-0.2, -0.15) is 5.10 Å². The molecule has 2 aromatic carbocycles. The van der Waals surface area contributed by atoms with Gasteiger partial charge in [0.1, 0.15) is 11.5 Å². The third kappa shape index (κ3) is 7.38. The van der Waals surface area contributed by atoms with Crippen molar-refractivity contribution in [2.24, 2.45) is 5.10 Å². The summed E-state index contributed by atoms with van der Waals surface area (Å²) in [6, 6.07) is 13.7. The van der Waals surface area contributed by atoms with Crippen molar-refractivity contribution >= 4 is 30.1 Å². The number of allylic oxidation sites excluding steroid dienone is 1. The molecular formula is C30H30N4O9. The maximum atomic E-state index is 12.4. The van der Waals surface area contributed by atoms with Gasteiger partial charge in [-0.1, -0.05) is 18.2 Å². The van der Waals surface area contributed by atoms with Crippen LogP contribution in [0.1, 0.15) is 41.6 Å². The minimum Gasteiger partial charge on any atom is -0.493 e. The molecule has 0 spiro atoms. The Morgan fingerprint density at radius 1 is 1.02 bits per heavy atom. The second kappa shape index (κ2) is 13.9. The number of ether oxygens (including phenoxy) is 4. The number of carbonyl (C=O) groups is 4. The van der Waals surface area contributed by atoms with Crippen LogP contribution >= 0.6 is 0 Å². The lowest BCUT2D eigenvalue weighted by Crippen LogP contribution is -2.45. The number of nitrogens with zero attached hydrogens (tertiary/aromatic N) is 1. The molecule has 0 unspecified atom stereocenters. The largest absolute Gasteiger partial charge is 0.493 e. The maximum Gasteiger partial charge on any atom is 0.338 e. The van der Waals surface area contributed by atoms with Crippen molar-refractivity contribution < 1.29 is 42.5 Å². The van der Waals surface area contributed by atoms with E-state index in [9.17, 15) is 19.2 Å². The summed E-state index contributed by atoms with van der Waals surface area (Å²) in [5, 5.41) is 9.15. The number of rotatable bonds is 11. The van der Waals surface area contributed by atoms with E-state index < -0.39 is 29.9 Å². The van der Waals surface area contributed by atoms with E-state index in [2.05, 4.69) is 21.2 Å². The number of furan rings is 1. The van der Waals surface area contributed by atoms with Gasteiger partial charge in [-0.3, -0.25) is 4.79 Å². The van der Waals surface area contributed by atoms with E-state index in [0.717, 1.165) is 5.56 Å². The van der Waals surface area contributed by atoms with Crippen LogP contribution in [0.15, 0.2) is 75.4 Å². The summed E-state index contributed by atoms with van der Waals surface area (Å²) >= 11 is 0. The van der Waals surface area contributed by atoms with Crippen molar-refractivity contribution in [3.05, 3.63) is 82.8 Å². The van der Waals surface area contributed by atoms with Gasteiger partial charge in [0.15, 0.2) is 18.1 Å². The lowest BCUT2D eigenvalue weighted by atomic mass is 9.95. The van der Waals surface area contributed by atoms with Gasteiger partial charge in [0.25, 0.3) is 5.91 Å². The Labute approximate surface area is 246 Å². The highest BCUT2D eigenvalue weighted by Gasteiger charge is 2.32. The molecule has 3 amide bonds. The summed E-state index contributed by atoms with van der Waals surface area (Å²) in [5.74, 6) is -0.0511. The van der Waals surface area contributed by atoms with Gasteiger partial charge in [0, 0.05) is 11.3 Å². The monoisotopic (exact) mass is 590 g/mol. The fraction of sp³-hybridized carbons (Fsp3) is 0.233. The maximum absolute atomic E-state index is 12.4. The van der Waals surface area contributed by atoms with Crippen LogP contribution in [0, 0.1) is 0 Å². The predicted octanol–water partition coefficient (Wildman–Crippen LogP) is 3.46. The quantitative estimate of drug-likeness (QED) is 0.172. The zero-order valence-corrected chi connectivity index (χ0v) is 23.9. The van der Waals surface area contributed by atoms with Crippen molar-refractivity contribution in [3.8, 4) is 22.8 Å². The van der Waals surface area contributed by atoms with Crippen LogP contribution in [-0.4, -0.2) is 57.5 Å². The number of carbonyl (C=O) groups excluding carboxylic acids is 4. The van der Waals surface area contributed by atoms with Gasteiger partial charge in [-0.05, 0) is 55.8 Å². The van der Waals surface area contributed by atoms with Gasteiger partial charge in [0.2, 0.25) is 0 Å². The standard InChI is InChI=1S/C30H30N4O9/c1-5-41-28(36)19-8-6-18(7-9-19)22-13-11-21(43-22)15-31-34-25(35)16-42-23-12-10-20(14-24(23)39-3)27-26(29(37)40-4)17(2)32-30(38)33-27/h6-15,27H,5,16H2,1-4H3,(H,34,35)(H2,32,33,38)/b31-15-/t27-/m1/s1. The second-order valence-electron chi connectivity index (χ2n) is 9.05. The minimum atomic E-state index is -0.784. The summed E-state index contributed by atoms with van der Waals surface area (Å²) in [7, 11) is 2.68. The van der Waals surface area contributed by atoms with E-state index in [4.69, 9.17) is 23.4 Å². The molecule has 0 aliphatic carbocycles. The van der Waals surface area contributed by atoms with Gasteiger partial charge in [-0.15, -0.1) is 0 Å². The van der Waals surface area contributed by atoms with Crippen molar-refractivity contribution in [3.63, 3.8) is 0 Å². The first-order valence-corrected chi connectivity index (χ1v) is 13.1. The van der Waals surface area contributed by atoms with Crippen LogP contribution in [0.5, 0.6) is 11.5 Å². The number of benzene rings is 2. The highest BCUT2D eigenvalue weighted by atomic mass is 16.5. The molecule has 1 aliphatic rings. The summed E-state index contributed by atoms with van der Waals surface area (Å²) < 4.78 is 26.6. The Morgan fingerprint density at radius 3 is 2.49 bits per heavy atom. The molecule has 2 heterocycles. The molecule has 0 saturated heterocycles. The summed E-state index contributed by atoms with van der Waals surface area (Å²) in [6.07, 6.45) is 1.34. The molecular weight excluding hydrogens is 560 g/mol. The number of hydrogen-bond donors (Lipinski definition) is 3. The lowest BCUT2D eigenvalue weighted by molar-refractivity contribution is -0.136. The average molecular weight is 591 g/mol. The number of amides is 3. The SMILES string of the molecule is CCOC(=O)c1ccc(-c2ccc(/C=N\NC(=O)COc3ccc([C@H]4NC(=O)NC(C)=C4C(=O)OC)cc3OC)o2)cc1. The first-order valence-electron chi connectivity index (χ1n) is 13.1. The van der Waals surface area contributed by atoms with Gasteiger partial charge in [-0.25, -0.2) is 19.8 Å². The van der Waals surface area contributed by atoms with E-state index in [1.165, 1.54) is 20.4 Å². The fourth-order valence-corrected chi connectivity index (χ4v) is 4.21. The molecule has 224 valence electrons. The molecule has 13 nitrogen and oxygen atoms in total. The Kier molecular flexibility index (Phi) is 9.78. The molecule has 0 radical (unpaired) electrons. The zero-order chi connectivity index (χ0) is 30.9. The first kappa shape index (κ1) is 30.4. The molecule has 3 aromatic rings. The third-order valence-electron chi connectivity index (χ3n) is 6.24. The lowest BCUT2D eigenvalue weighted by Gasteiger charge is -2.28. The topological polar surface area (TPSA) is 167 Å². The smallest absolute Gasteiger partial charge is 0.338 e. The summed E-state index contributed by atoms with van der Waals surface area (Å²) in [4.78, 5) is 48.6. The highest BCUT2D eigenvalue weighted by molar-refractivity contribution is 5.95. The Hall–Kier alpha value is -5.59. The van der Waals surface area contributed by atoms with Crippen molar-refractivity contribution in [1.82, 2.24) is 16.1 Å². The molecule has 0 fully saturated rings. The number of nitrogens with one attached hydrogen (secondary N) is 3. The molecule has 3 N–H and O–H groups in total. The van der Waals surface area contributed by atoms with Gasteiger partial charge in [0.05, 0.1) is 44.2 Å². The van der Waals surface area contributed by atoms with Crippen molar-refractivity contribution in [2.75, 3.05) is 27.4 Å². The van der Waals surface area contributed by atoms with E-state index >= 15 is 0 Å². The van der Waals surface area contributed by atoms with Crippen molar-refractivity contribution in [1.29, 1.82) is 0 Å². The molecule has 4 rings (SSSR count). The molecule has 43 heavy (non-hydrogen) atoms. The van der Waals surface area contributed by atoms with Crippen LogP contribution < -0.4 is 25.5 Å². The minimum absolute atomic E-state index is 0.241. The van der Waals surface area contributed by atoms with Crippen molar-refractivity contribution in [2.45, 2.75) is 19.9 Å². The Bertz CT molecular complexity index is 1570. The van der Waals surface area contributed by atoms with Crippen LogP contribution in [-0.2, 0) is 19.1 Å². The van der Waals surface area contributed by atoms with Crippen LogP contribution in [0.25, 0.3) is 11.3 Å². The van der Waals surface area contributed by atoms with Crippen LogP contribution in [0.3, 0.4) is 0 Å². The average Bonchev–Trinajstić information content (AvgIpc) is 3.48. The van der Waals surface area contributed by atoms with Gasteiger partial charge < -0.3 is 34.0 Å². The van der Waals surface area contributed by atoms with E-state index in [0.29, 0.717) is 35.0 Å². The number of hydrogen-bond acceptors (Lipinski definition) is 10. The molecule has 1 atom stereocenters. The predicted molar refractivity (Wildman–Crippen MR) is 153 cm³/mol. The van der Waals surface area contributed by atoms with E-state index in [-0.39, 0.29) is 23.7 Å². The third-order valence-corrected chi connectivity index (χ3v) is 6.24. The molecule has 0 bridgehead atoms. The molecule has 1 aromatic heterocycles. The Balaban J connectivity index is 1.34. The van der Waals surface area contributed by atoms with Crippen LogP contribution in [0.2, 0.25) is 0 Å². The van der Waals surface area contributed by atoms with Crippen LogP contribution in [0.4, 0.5) is 4.79 Å². The number of urea groups is 1. The normalized spacial score (nSPS) is 14.5.